The number of nitrogen functional groups attached to an aromatic ring is 1. The molecule has 0 aliphatic carbocycles. The highest BCUT2D eigenvalue weighted by molar-refractivity contribution is 6.33. The van der Waals surface area contributed by atoms with Crippen LogP contribution in [0.2, 0.25) is 5.02 Å². The van der Waals surface area contributed by atoms with Crippen LogP contribution in [0.1, 0.15) is 11.3 Å². The molecule has 0 spiro atoms. The summed E-state index contributed by atoms with van der Waals surface area (Å²) in [5, 5.41) is 0.661. The van der Waals surface area contributed by atoms with Crippen molar-refractivity contribution in [3.05, 3.63) is 46.9 Å². The van der Waals surface area contributed by atoms with Crippen LogP contribution in [0.4, 0.5) is 11.4 Å². The van der Waals surface area contributed by atoms with Gasteiger partial charge in [0.15, 0.2) is 0 Å². The summed E-state index contributed by atoms with van der Waals surface area (Å²) in [6.45, 7) is 2.71. The molecule has 2 aromatic rings. The van der Waals surface area contributed by atoms with Gasteiger partial charge in [0.25, 0.3) is 0 Å². The van der Waals surface area contributed by atoms with E-state index < -0.39 is 0 Å². The van der Waals surface area contributed by atoms with E-state index in [1.165, 1.54) is 0 Å². The van der Waals surface area contributed by atoms with Crippen LogP contribution in [0.5, 0.6) is 0 Å². The van der Waals surface area contributed by atoms with Gasteiger partial charge in [0, 0.05) is 24.8 Å². The molecule has 0 saturated carbocycles. The predicted octanol–water partition coefficient (Wildman–Crippen LogP) is 3.46. The number of nitrogens with zero attached hydrogens (tertiary/aromatic N) is 1. The van der Waals surface area contributed by atoms with Gasteiger partial charge in [-0.3, -0.25) is 0 Å². The average Bonchev–Trinajstić information content (AvgIpc) is 2.64. The van der Waals surface area contributed by atoms with Gasteiger partial charge in [0.1, 0.15) is 5.76 Å². The van der Waals surface area contributed by atoms with Crippen molar-refractivity contribution in [2.75, 3.05) is 17.7 Å². The molecule has 0 unspecified atom stereocenters. The van der Waals surface area contributed by atoms with Gasteiger partial charge in [-0.15, -0.1) is 0 Å². The van der Waals surface area contributed by atoms with Gasteiger partial charge in [-0.05, 0) is 31.2 Å². The van der Waals surface area contributed by atoms with Crippen LogP contribution < -0.4 is 10.6 Å². The Bertz CT molecular complexity index is 522. The van der Waals surface area contributed by atoms with Crippen LogP contribution in [0.25, 0.3) is 0 Å². The lowest BCUT2D eigenvalue weighted by molar-refractivity contribution is 0.529. The first-order valence-electron chi connectivity index (χ1n) is 5.37. The first kappa shape index (κ1) is 11.9. The molecule has 17 heavy (non-hydrogen) atoms. The second-order valence-electron chi connectivity index (χ2n) is 4.07. The lowest BCUT2D eigenvalue weighted by Crippen LogP contribution is -2.16. The first-order valence-corrected chi connectivity index (χ1v) is 5.75. The van der Waals surface area contributed by atoms with Gasteiger partial charge in [0.2, 0.25) is 0 Å². The zero-order valence-electron chi connectivity index (χ0n) is 9.90. The molecule has 3 nitrogen and oxygen atoms in total. The molecule has 90 valence electrons. The molecule has 0 saturated heterocycles. The van der Waals surface area contributed by atoms with E-state index in [2.05, 4.69) is 4.90 Å². The largest absolute Gasteiger partial charge is 0.469 e. The first-order chi connectivity index (χ1) is 8.08. The number of benzene rings is 1. The van der Waals surface area contributed by atoms with Gasteiger partial charge >= 0.3 is 0 Å². The smallest absolute Gasteiger partial charge is 0.105 e. The fraction of sp³-hybridized carbons (Fsp3) is 0.231. The Hall–Kier alpha value is -1.61. The van der Waals surface area contributed by atoms with E-state index in [1.54, 1.807) is 12.3 Å². The normalized spacial score (nSPS) is 10.5. The second kappa shape index (κ2) is 4.72. The van der Waals surface area contributed by atoms with Crippen LogP contribution >= 0.6 is 11.6 Å². The molecule has 1 heterocycles. The van der Waals surface area contributed by atoms with E-state index in [0.717, 1.165) is 23.6 Å². The summed E-state index contributed by atoms with van der Waals surface area (Å²) in [5.41, 5.74) is 8.46. The molecular formula is C13H15ClN2O. The Labute approximate surface area is 106 Å². The Morgan fingerprint density at radius 3 is 2.71 bits per heavy atom. The van der Waals surface area contributed by atoms with Crippen molar-refractivity contribution in [1.82, 2.24) is 0 Å². The van der Waals surface area contributed by atoms with E-state index in [-0.39, 0.29) is 0 Å². The van der Waals surface area contributed by atoms with Gasteiger partial charge in [-0.25, -0.2) is 0 Å². The third kappa shape index (κ3) is 2.56. The van der Waals surface area contributed by atoms with E-state index in [4.69, 9.17) is 21.8 Å². The zero-order valence-corrected chi connectivity index (χ0v) is 10.7. The Balaban J connectivity index is 2.20. The number of hydrogen-bond acceptors (Lipinski definition) is 3. The molecule has 0 aliphatic heterocycles. The third-order valence-corrected chi connectivity index (χ3v) is 3.06. The fourth-order valence-corrected chi connectivity index (χ4v) is 2.08. The predicted molar refractivity (Wildman–Crippen MR) is 71.4 cm³/mol. The van der Waals surface area contributed by atoms with Gasteiger partial charge < -0.3 is 15.1 Å². The fourth-order valence-electron chi connectivity index (χ4n) is 1.75. The Kier molecular flexibility index (Phi) is 3.29. The van der Waals surface area contributed by atoms with Crippen LogP contribution in [-0.4, -0.2) is 7.05 Å². The maximum atomic E-state index is 6.16. The minimum Gasteiger partial charge on any atom is -0.469 e. The summed E-state index contributed by atoms with van der Waals surface area (Å²) in [7, 11) is 1.99. The van der Waals surface area contributed by atoms with Crippen LogP contribution in [0.15, 0.2) is 34.9 Å². The number of aryl methyl sites for hydroxylation is 1. The van der Waals surface area contributed by atoms with Crippen molar-refractivity contribution < 1.29 is 4.42 Å². The average molecular weight is 251 g/mol. The van der Waals surface area contributed by atoms with Crippen molar-refractivity contribution >= 4 is 23.0 Å². The van der Waals surface area contributed by atoms with Crippen LogP contribution in [-0.2, 0) is 6.54 Å². The van der Waals surface area contributed by atoms with E-state index in [0.29, 0.717) is 10.7 Å². The molecule has 0 bridgehead atoms. The molecule has 0 aliphatic rings. The molecular weight excluding hydrogens is 236 g/mol. The number of rotatable bonds is 3. The number of furan rings is 1. The SMILES string of the molecule is Cc1occc1CN(C)c1ccc(N)cc1Cl. The summed E-state index contributed by atoms with van der Waals surface area (Å²) in [4.78, 5) is 2.07. The minimum atomic E-state index is 0.661. The van der Waals surface area contributed by atoms with Crippen molar-refractivity contribution in [1.29, 1.82) is 0 Å². The summed E-state index contributed by atoms with van der Waals surface area (Å²) in [6, 6.07) is 7.50. The summed E-state index contributed by atoms with van der Waals surface area (Å²) >= 11 is 6.16. The number of hydrogen-bond donors (Lipinski definition) is 1. The molecule has 2 rings (SSSR count). The highest BCUT2D eigenvalue weighted by Gasteiger charge is 2.09. The van der Waals surface area contributed by atoms with Gasteiger partial charge in [-0.1, -0.05) is 11.6 Å². The summed E-state index contributed by atoms with van der Waals surface area (Å²) in [6.07, 6.45) is 1.70. The molecule has 4 heteroatoms. The van der Waals surface area contributed by atoms with Gasteiger partial charge in [-0.2, -0.15) is 0 Å². The molecule has 0 radical (unpaired) electrons. The Morgan fingerprint density at radius 1 is 1.35 bits per heavy atom. The number of halogens is 1. The lowest BCUT2D eigenvalue weighted by atomic mass is 10.2. The van der Waals surface area contributed by atoms with Gasteiger partial charge in [0.05, 0.1) is 17.0 Å². The number of nitrogens with two attached hydrogens (primary N) is 1. The molecule has 0 amide bonds. The monoisotopic (exact) mass is 250 g/mol. The highest BCUT2D eigenvalue weighted by Crippen LogP contribution is 2.28. The number of anilines is 2. The third-order valence-electron chi connectivity index (χ3n) is 2.76. The van der Waals surface area contributed by atoms with E-state index in [9.17, 15) is 0 Å². The maximum absolute atomic E-state index is 6.16. The standard InChI is InChI=1S/C13H15ClN2O/c1-9-10(5-6-17-9)8-16(2)13-4-3-11(15)7-12(13)14/h3-7H,8,15H2,1-2H3. The maximum Gasteiger partial charge on any atom is 0.105 e. The Morgan fingerprint density at radius 2 is 2.12 bits per heavy atom. The topological polar surface area (TPSA) is 42.4 Å². The molecule has 0 fully saturated rings. The van der Waals surface area contributed by atoms with Crippen LogP contribution in [0, 0.1) is 6.92 Å². The summed E-state index contributed by atoms with van der Waals surface area (Å²) < 4.78 is 5.27. The van der Waals surface area contributed by atoms with Crippen molar-refractivity contribution in [3.63, 3.8) is 0 Å². The van der Waals surface area contributed by atoms with E-state index >= 15 is 0 Å². The molecule has 2 N–H and O–H groups in total. The van der Waals surface area contributed by atoms with Crippen molar-refractivity contribution in [2.24, 2.45) is 0 Å². The quantitative estimate of drug-likeness (QED) is 0.849. The lowest BCUT2D eigenvalue weighted by Gasteiger charge is -2.20. The van der Waals surface area contributed by atoms with Crippen molar-refractivity contribution in [3.8, 4) is 0 Å². The molecule has 1 aromatic heterocycles. The molecule has 1 aromatic carbocycles. The molecule has 0 atom stereocenters. The minimum absolute atomic E-state index is 0.661. The van der Waals surface area contributed by atoms with Crippen LogP contribution in [0.3, 0.4) is 0 Å². The van der Waals surface area contributed by atoms with Crippen molar-refractivity contribution in [2.45, 2.75) is 13.5 Å². The van der Waals surface area contributed by atoms with E-state index in [1.807, 2.05) is 32.2 Å². The highest BCUT2D eigenvalue weighted by atomic mass is 35.5. The summed E-state index contributed by atoms with van der Waals surface area (Å²) in [5.74, 6) is 0.934. The zero-order chi connectivity index (χ0) is 12.4. The second-order valence-corrected chi connectivity index (χ2v) is 4.48.